The van der Waals surface area contributed by atoms with Crippen LogP contribution in [-0.4, -0.2) is 36.1 Å². The van der Waals surface area contributed by atoms with E-state index in [9.17, 15) is 22.8 Å². The van der Waals surface area contributed by atoms with Crippen molar-refractivity contribution in [1.29, 1.82) is 0 Å². The number of alkyl halides is 3. The molecule has 6 nitrogen and oxygen atoms in total. The SMILES string of the molecule is CSCc1cccc(C(=O)Nc2ccc(N3CCCCC3)cc2-c2cc(C(=O)NCc3cccc(C(F)(F)F)c3)ccn2)c1. The maximum atomic E-state index is 13.3. The van der Waals surface area contributed by atoms with Gasteiger partial charge in [0.2, 0.25) is 0 Å². The fourth-order valence-electron chi connectivity index (χ4n) is 5.23. The van der Waals surface area contributed by atoms with Crippen molar-refractivity contribution in [2.24, 2.45) is 0 Å². The molecule has 0 bridgehead atoms. The van der Waals surface area contributed by atoms with Crippen molar-refractivity contribution in [1.82, 2.24) is 10.3 Å². The summed E-state index contributed by atoms with van der Waals surface area (Å²) < 4.78 is 39.4. The van der Waals surface area contributed by atoms with E-state index in [1.807, 2.05) is 42.7 Å². The number of rotatable bonds is 9. The number of aromatic nitrogens is 1. The highest BCUT2D eigenvalue weighted by atomic mass is 32.2. The maximum Gasteiger partial charge on any atom is 0.416 e. The molecule has 0 radical (unpaired) electrons. The highest BCUT2D eigenvalue weighted by Gasteiger charge is 2.30. The molecule has 1 aliphatic heterocycles. The van der Waals surface area contributed by atoms with Gasteiger partial charge < -0.3 is 15.5 Å². The van der Waals surface area contributed by atoms with Gasteiger partial charge in [0, 0.05) is 54.0 Å². The van der Waals surface area contributed by atoms with Gasteiger partial charge in [-0.2, -0.15) is 24.9 Å². The lowest BCUT2D eigenvalue weighted by Crippen LogP contribution is -2.29. The fraction of sp³-hybridized carbons (Fsp3) is 0.265. The van der Waals surface area contributed by atoms with Crippen molar-refractivity contribution < 1.29 is 22.8 Å². The summed E-state index contributed by atoms with van der Waals surface area (Å²) in [5.41, 5.74) is 4.16. The van der Waals surface area contributed by atoms with Gasteiger partial charge in [0.05, 0.1) is 16.9 Å². The van der Waals surface area contributed by atoms with Crippen LogP contribution >= 0.6 is 11.8 Å². The van der Waals surface area contributed by atoms with Crippen LogP contribution in [0, 0.1) is 0 Å². The topological polar surface area (TPSA) is 74.3 Å². The summed E-state index contributed by atoms with van der Waals surface area (Å²) in [4.78, 5) is 33.3. The maximum absolute atomic E-state index is 13.3. The van der Waals surface area contributed by atoms with Gasteiger partial charge in [-0.05, 0) is 91.2 Å². The zero-order valence-corrected chi connectivity index (χ0v) is 25.1. The minimum Gasteiger partial charge on any atom is -0.372 e. The Morgan fingerprint density at radius 1 is 0.864 bits per heavy atom. The minimum atomic E-state index is -4.47. The zero-order chi connectivity index (χ0) is 31.1. The van der Waals surface area contributed by atoms with Crippen LogP contribution in [0.4, 0.5) is 24.5 Å². The predicted molar refractivity (Wildman–Crippen MR) is 170 cm³/mol. The van der Waals surface area contributed by atoms with Crippen LogP contribution in [0.15, 0.2) is 85.1 Å². The molecule has 4 aromatic rings. The third kappa shape index (κ3) is 7.79. The number of benzene rings is 3. The van der Waals surface area contributed by atoms with Gasteiger partial charge >= 0.3 is 6.18 Å². The Bertz CT molecular complexity index is 1640. The average Bonchev–Trinajstić information content (AvgIpc) is 3.04. The van der Waals surface area contributed by atoms with E-state index in [-0.39, 0.29) is 12.5 Å². The molecule has 0 spiro atoms. The van der Waals surface area contributed by atoms with Crippen molar-refractivity contribution in [3.8, 4) is 11.3 Å². The summed E-state index contributed by atoms with van der Waals surface area (Å²) in [5, 5.41) is 5.75. The molecule has 1 saturated heterocycles. The number of carbonyl (C=O) groups excluding carboxylic acids is 2. The molecule has 1 fully saturated rings. The second kappa shape index (κ2) is 14.0. The van der Waals surface area contributed by atoms with Gasteiger partial charge in [-0.1, -0.05) is 24.3 Å². The lowest BCUT2D eigenvalue weighted by atomic mass is 10.0. The lowest BCUT2D eigenvalue weighted by molar-refractivity contribution is -0.137. The van der Waals surface area contributed by atoms with E-state index < -0.39 is 17.6 Å². The van der Waals surface area contributed by atoms with Crippen molar-refractivity contribution in [2.45, 2.75) is 37.7 Å². The molecule has 10 heteroatoms. The monoisotopic (exact) mass is 618 g/mol. The zero-order valence-electron chi connectivity index (χ0n) is 24.3. The minimum absolute atomic E-state index is 0.0677. The third-order valence-corrected chi connectivity index (χ3v) is 8.10. The summed E-state index contributed by atoms with van der Waals surface area (Å²) in [6.45, 7) is 1.79. The molecule has 1 aliphatic rings. The number of pyridine rings is 1. The number of nitrogens with zero attached hydrogens (tertiary/aromatic N) is 2. The molecular formula is C34H33F3N4O2S. The van der Waals surface area contributed by atoms with E-state index in [2.05, 4.69) is 20.5 Å². The highest BCUT2D eigenvalue weighted by molar-refractivity contribution is 7.97. The van der Waals surface area contributed by atoms with Crippen LogP contribution in [0.3, 0.4) is 0 Å². The van der Waals surface area contributed by atoms with E-state index in [0.717, 1.165) is 55.1 Å². The van der Waals surface area contributed by atoms with Crippen LogP contribution < -0.4 is 15.5 Å². The number of amides is 2. The van der Waals surface area contributed by atoms with Crippen molar-refractivity contribution in [2.75, 3.05) is 29.6 Å². The molecule has 2 amide bonds. The van der Waals surface area contributed by atoms with E-state index in [4.69, 9.17) is 0 Å². The summed E-state index contributed by atoms with van der Waals surface area (Å²) >= 11 is 1.68. The first-order valence-electron chi connectivity index (χ1n) is 14.4. The second-order valence-corrected chi connectivity index (χ2v) is 11.5. The van der Waals surface area contributed by atoms with Crippen LogP contribution in [0.5, 0.6) is 0 Å². The van der Waals surface area contributed by atoms with E-state index >= 15 is 0 Å². The molecule has 0 unspecified atom stereocenters. The molecule has 44 heavy (non-hydrogen) atoms. The van der Waals surface area contributed by atoms with Crippen LogP contribution in [0.2, 0.25) is 0 Å². The number of anilines is 2. The van der Waals surface area contributed by atoms with Gasteiger partial charge in [-0.15, -0.1) is 0 Å². The van der Waals surface area contributed by atoms with E-state index in [1.165, 1.54) is 24.8 Å². The molecule has 3 aromatic carbocycles. The van der Waals surface area contributed by atoms with Gasteiger partial charge in [-0.25, -0.2) is 0 Å². The van der Waals surface area contributed by atoms with E-state index in [0.29, 0.717) is 33.6 Å². The first-order valence-corrected chi connectivity index (χ1v) is 15.8. The molecule has 2 heterocycles. The normalized spacial score (nSPS) is 13.4. The van der Waals surface area contributed by atoms with Crippen molar-refractivity contribution in [3.05, 3.63) is 113 Å². The first-order chi connectivity index (χ1) is 21.2. The van der Waals surface area contributed by atoms with Gasteiger partial charge in [0.15, 0.2) is 0 Å². The van der Waals surface area contributed by atoms with Gasteiger partial charge in [-0.3, -0.25) is 14.6 Å². The summed E-state index contributed by atoms with van der Waals surface area (Å²) in [6.07, 6.45) is 2.44. The standard InChI is InChI=1S/C34H33F3N4O2S/c1-44-22-24-8-5-9-25(17-24)33(43)40-30-12-11-28(41-15-3-2-4-16-41)20-29(30)31-19-26(13-14-38-31)32(42)39-21-23-7-6-10-27(18-23)34(35,36)37/h5-14,17-20H,2-4,15-16,21-22H2,1H3,(H,39,42)(H,40,43). The molecule has 228 valence electrons. The Labute approximate surface area is 259 Å². The Kier molecular flexibility index (Phi) is 9.89. The molecule has 1 aromatic heterocycles. The molecule has 0 aliphatic carbocycles. The van der Waals surface area contributed by atoms with Crippen LogP contribution in [0.25, 0.3) is 11.3 Å². The van der Waals surface area contributed by atoms with E-state index in [1.54, 1.807) is 30.0 Å². The second-order valence-electron chi connectivity index (χ2n) is 10.7. The Hall–Kier alpha value is -4.31. The lowest BCUT2D eigenvalue weighted by Gasteiger charge is -2.29. The van der Waals surface area contributed by atoms with Gasteiger partial charge in [0.1, 0.15) is 0 Å². The Morgan fingerprint density at radius 2 is 1.61 bits per heavy atom. The highest BCUT2D eigenvalue weighted by Crippen LogP contribution is 2.33. The number of hydrogen-bond donors (Lipinski definition) is 2. The Balaban J connectivity index is 1.41. The van der Waals surface area contributed by atoms with Crippen molar-refractivity contribution in [3.63, 3.8) is 0 Å². The molecule has 2 N–H and O–H groups in total. The fourth-order valence-corrected chi connectivity index (χ4v) is 5.74. The Morgan fingerprint density at radius 3 is 2.39 bits per heavy atom. The number of thioether (sulfide) groups is 1. The summed E-state index contributed by atoms with van der Waals surface area (Å²) in [6, 6.07) is 21.4. The molecule has 0 atom stereocenters. The van der Waals surface area contributed by atoms with Crippen LogP contribution in [-0.2, 0) is 18.5 Å². The third-order valence-electron chi connectivity index (χ3n) is 7.48. The number of nitrogens with one attached hydrogen (secondary N) is 2. The number of halogens is 3. The first kappa shape index (κ1) is 31.1. The largest absolute Gasteiger partial charge is 0.416 e. The quantitative estimate of drug-likeness (QED) is 0.200. The van der Waals surface area contributed by atoms with Crippen LogP contribution in [0.1, 0.15) is 56.7 Å². The summed E-state index contributed by atoms with van der Waals surface area (Å²) in [5.74, 6) is 0.0908. The number of hydrogen-bond acceptors (Lipinski definition) is 5. The van der Waals surface area contributed by atoms with Crippen molar-refractivity contribution >= 4 is 35.0 Å². The molecular weight excluding hydrogens is 585 g/mol. The average molecular weight is 619 g/mol. The summed E-state index contributed by atoms with van der Waals surface area (Å²) in [7, 11) is 0. The number of piperidine rings is 1. The molecule has 5 rings (SSSR count). The molecule has 0 saturated carbocycles. The predicted octanol–water partition coefficient (Wildman–Crippen LogP) is 7.80. The smallest absolute Gasteiger partial charge is 0.372 e. The number of carbonyl (C=O) groups is 2. The van der Waals surface area contributed by atoms with Gasteiger partial charge in [0.25, 0.3) is 11.8 Å².